The minimum Gasteiger partial charge on any atom is -0.497 e. The fraction of sp³-hybridized carbons (Fsp3) is 0.533. The highest BCUT2D eigenvalue weighted by Gasteiger charge is 2.45. The number of nitrogens with two attached hydrogens (primary N) is 1. The second-order valence-electron chi connectivity index (χ2n) is 5.86. The molecule has 146 valence electrons. The van der Waals surface area contributed by atoms with Crippen molar-refractivity contribution in [2.45, 2.75) is 17.5 Å². The van der Waals surface area contributed by atoms with Crippen LogP contribution in [0.25, 0.3) is 0 Å². The fourth-order valence-electron chi connectivity index (χ4n) is 2.74. The molecule has 0 bridgehead atoms. The van der Waals surface area contributed by atoms with Crippen molar-refractivity contribution in [3.63, 3.8) is 0 Å². The van der Waals surface area contributed by atoms with E-state index < -0.39 is 40.0 Å². The van der Waals surface area contributed by atoms with E-state index >= 15 is 0 Å². The van der Waals surface area contributed by atoms with Gasteiger partial charge < -0.3 is 15.2 Å². The molecule has 0 spiro atoms. The minimum absolute atomic E-state index is 0.0997. The zero-order valence-electron chi connectivity index (χ0n) is 13.9. The number of nitrogens with zero attached hydrogens (tertiary/aromatic N) is 1. The van der Waals surface area contributed by atoms with Gasteiger partial charge >= 0.3 is 12.3 Å². The standard InChI is InChI=1S/C15H19F3N2O5S/c1-24-11-4-2-3-10(7-11)12-8-20(5-6-26(12,22)23)9-13(15(16,17)18)25-14(19)21/h2-4,7,12-13H,5-6,8-9H2,1H3,(H2,19,21)/t12-,13-/m0/s1. The van der Waals surface area contributed by atoms with Crippen LogP contribution in [0.5, 0.6) is 5.75 Å². The van der Waals surface area contributed by atoms with Crippen molar-refractivity contribution >= 4 is 15.9 Å². The van der Waals surface area contributed by atoms with Gasteiger partial charge in [0, 0.05) is 19.6 Å². The van der Waals surface area contributed by atoms with E-state index in [2.05, 4.69) is 4.74 Å². The number of carbonyl (C=O) groups excluding carboxylic acids is 1. The molecule has 1 amide bonds. The Morgan fingerprint density at radius 1 is 1.42 bits per heavy atom. The lowest BCUT2D eigenvalue weighted by molar-refractivity contribution is -0.207. The van der Waals surface area contributed by atoms with Gasteiger partial charge in [-0.3, -0.25) is 4.90 Å². The summed E-state index contributed by atoms with van der Waals surface area (Å²) in [6.45, 7) is -0.954. The van der Waals surface area contributed by atoms with Gasteiger partial charge in [0.1, 0.15) is 5.75 Å². The quantitative estimate of drug-likeness (QED) is 0.810. The molecule has 7 nitrogen and oxygen atoms in total. The van der Waals surface area contributed by atoms with Gasteiger partial charge in [0.2, 0.25) is 6.10 Å². The van der Waals surface area contributed by atoms with Gasteiger partial charge in [-0.1, -0.05) is 12.1 Å². The summed E-state index contributed by atoms with van der Waals surface area (Å²) in [7, 11) is -2.11. The number of hydrogen-bond donors (Lipinski definition) is 1. The molecule has 0 unspecified atom stereocenters. The third-order valence-corrected chi connectivity index (χ3v) is 6.10. The van der Waals surface area contributed by atoms with Crippen LogP contribution in [0, 0.1) is 0 Å². The minimum atomic E-state index is -4.81. The van der Waals surface area contributed by atoms with Crippen molar-refractivity contribution < 1.29 is 35.9 Å². The molecule has 1 heterocycles. The highest BCUT2D eigenvalue weighted by atomic mass is 32.2. The van der Waals surface area contributed by atoms with E-state index in [1.54, 1.807) is 18.2 Å². The van der Waals surface area contributed by atoms with Crippen LogP contribution in [-0.4, -0.2) is 64.2 Å². The van der Waals surface area contributed by atoms with Gasteiger partial charge in [0.25, 0.3) is 0 Å². The third kappa shape index (κ3) is 5.01. The smallest absolute Gasteiger partial charge is 0.426 e. The van der Waals surface area contributed by atoms with Crippen molar-refractivity contribution in [2.24, 2.45) is 5.73 Å². The number of rotatable bonds is 5. The summed E-state index contributed by atoms with van der Waals surface area (Å²) in [5, 5.41) is -1.01. The molecule has 1 fully saturated rings. The molecule has 2 N–H and O–H groups in total. The zero-order chi connectivity index (χ0) is 19.5. The molecule has 1 aromatic rings. The SMILES string of the molecule is COc1cccc([C@@H]2CN(C[C@H](OC(N)=O)C(F)(F)F)CCS2(=O)=O)c1. The van der Waals surface area contributed by atoms with E-state index in [9.17, 15) is 26.4 Å². The summed E-state index contributed by atoms with van der Waals surface area (Å²) in [4.78, 5) is 12.0. The lowest BCUT2D eigenvalue weighted by Gasteiger charge is -2.35. The van der Waals surface area contributed by atoms with Crippen LogP contribution in [-0.2, 0) is 14.6 Å². The molecule has 11 heteroatoms. The van der Waals surface area contributed by atoms with Gasteiger partial charge in [0.15, 0.2) is 9.84 Å². The predicted octanol–water partition coefficient (Wildman–Crippen LogP) is 1.49. The first kappa shape index (κ1) is 20.3. The average Bonchev–Trinajstić information content (AvgIpc) is 2.54. The molecule has 0 saturated carbocycles. The van der Waals surface area contributed by atoms with Gasteiger partial charge in [0.05, 0.1) is 18.1 Å². The summed E-state index contributed by atoms with van der Waals surface area (Å²) in [5.41, 5.74) is 5.12. The summed E-state index contributed by atoms with van der Waals surface area (Å²) in [6, 6.07) is 6.36. The van der Waals surface area contributed by atoms with Crippen LogP contribution < -0.4 is 10.5 Å². The lowest BCUT2D eigenvalue weighted by atomic mass is 10.1. The highest BCUT2D eigenvalue weighted by Crippen LogP contribution is 2.31. The Balaban J connectivity index is 2.21. The summed E-state index contributed by atoms with van der Waals surface area (Å²) in [5.74, 6) is 0.135. The molecule has 1 saturated heterocycles. The second kappa shape index (κ2) is 7.70. The van der Waals surface area contributed by atoms with Crippen molar-refractivity contribution in [1.82, 2.24) is 4.90 Å². The van der Waals surface area contributed by atoms with Crippen LogP contribution in [0.1, 0.15) is 10.8 Å². The van der Waals surface area contributed by atoms with Crippen LogP contribution in [0.4, 0.5) is 18.0 Å². The summed E-state index contributed by atoms with van der Waals surface area (Å²) >= 11 is 0. The van der Waals surface area contributed by atoms with Crippen molar-refractivity contribution in [3.8, 4) is 5.75 Å². The lowest BCUT2D eigenvalue weighted by Crippen LogP contribution is -2.50. The molecule has 0 aromatic heterocycles. The van der Waals surface area contributed by atoms with Crippen molar-refractivity contribution in [3.05, 3.63) is 29.8 Å². The van der Waals surface area contributed by atoms with Crippen LogP contribution in [0.15, 0.2) is 24.3 Å². The Labute approximate surface area is 148 Å². The maximum Gasteiger partial charge on any atom is 0.426 e. The third-order valence-electron chi connectivity index (χ3n) is 4.06. The number of carbonyl (C=O) groups is 1. The number of halogens is 3. The summed E-state index contributed by atoms with van der Waals surface area (Å²) in [6.07, 6.45) is -8.77. The Hall–Kier alpha value is -2.01. The molecule has 26 heavy (non-hydrogen) atoms. The highest BCUT2D eigenvalue weighted by molar-refractivity contribution is 7.91. The summed E-state index contributed by atoms with van der Waals surface area (Å²) < 4.78 is 73.0. The Morgan fingerprint density at radius 2 is 2.12 bits per heavy atom. The molecule has 0 radical (unpaired) electrons. The van der Waals surface area contributed by atoms with Crippen LogP contribution in [0.2, 0.25) is 0 Å². The monoisotopic (exact) mass is 396 g/mol. The average molecular weight is 396 g/mol. The molecule has 2 atom stereocenters. The Bertz CT molecular complexity index is 754. The molecule has 0 aliphatic carbocycles. The fourth-order valence-corrected chi connectivity index (χ4v) is 4.54. The zero-order valence-corrected chi connectivity index (χ0v) is 14.7. The number of alkyl halides is 3. The molecular weight excluding hydrogens is 377 g/mol. The molecule has 1 aliphatic heterocycles. The number of amides is 1. The van der Waals surface area contributed by atoms with Crippen molar-refractivity contribution in [1.29, 1.82) is 0 Å². The Kier molecular flexibility index (Phi) is 6.02. The predicted molar refractivity (Wildman–Crippen MR) is 86.5 cm³/mol. The van der Waals surface area contributed by atoms with Crippen molar-refractivity contribution in [2.75, 3.05) is 32.5 Å². The number of benzene rings is 1. The first-order valence-corrected chi connectivity index (χ1v) is 9.35. The molecule has 2 rings (SSSR count). The number of methoxy groups -OCH3 is 1. The molecule has 1 aromatic carbocycles. The van der Waals surface area contributed by atoms with E-state index in [0.29, 0.717) is 11.3 Å². The van der Waals surface area contributed by atoms with E-state index in [1.807, 2.05) is 0 Å². The van der Waals surface area contributed by atoms with Gasteiger partial charge in [-0.25, -0.2) is 13.2 Å². The van der Waals surface area contributed by atoms with Crippen LogP contribution >= 0.6 is 0 Å². The number of hydrogen-bond acceptors (Lipinski definition) is 6. The van der Waals surface area contributed by atoms with Gasteiger partial charge in [-0.05, 0) is 17.7 Å². The van der Waals surface area contributed by atoms with E-state index in [-0.39, 0.29) is 18.8 Å². The second-order valence-corrected chi connectivity index (χ2v) is 8.16. The maximum absolute atomic E-state index is 13.0. The topological polar surface area (TPSA) is 98.9 Å². The number of sulfone groups is 1. The van der Waals surface area contributed by atoms with Gasteiger partial charge in [-0.15, -0.1) is 0 Å². The van der Waals surface area contributed by atoms with E-state index in [0.717, 1.165) is 0 Å². The number of primary amides is 1. The maximum atomic E-state index is 13.0. The Morgan fingerprint density at radius 3 is 2.69 bits per heavy atom. The molecular formula is C15H19F3N2O5S. The van der Waals surface area contributed by atoms with Crippen LogP contribution in [0.3, 0.4) is 0 Å². The van der Waals surface area contributed by atoms with E-state index in [4.69, 9.17) is 10.5 Å². The number of ether oxygens (including phenoxy) is 2. The molecule has 1 aliphatic rings. The first-order valence-electron chi connectivity index (χ1n) is 7.63. The largest absolute Gasteiger partial charge is 0.497 e. The van der Waals surface area contributed by atoms with E-state index in [1.165, 1.54) is 18.1 Å². The normalized spacial score (nSPS) is 21.8. The van der Waals surface area contributed by atoms with Gasteiger partial charge in [-0.2, -0.15) is 13.2 Å². The first-order chi connectivity index (χ1) is 12.0.